The Morgan fingerprint density at radius 2 is 2.36 bits per heavy atom. The molecule has 0 rings (SSSR count). The first-order valence-electron chi connectivity index (χ1n) is 2.73. The number of nitrogens with one attached hydrogen (secondary N) is 1. The van der Waals surface area contributed by atoms with Crippen molar-refractivity contribution in [1.29, 1.82) is 5.26 Å². The molecular formula is C6H6F2N2O. The van der Waals surface area contributed by atoms with Crippen LogP contribution in [0.4, 0.5) is 8.78 Å². The van der Waals surface area contributed by atoms with Crippen molar-refractivity contribution in [2.45, 2.75) is 5.92 Å². The summed E-state index contributed by atoms with van der Waals surface area (Å²) in [7, 11) is 0. The Balaban J connectivity index is 4.05. The third kappa shape index (κ3) is 2.76. The van der Waals surface area contributed by atoms with Gasteiger partial charge in [0.15, 0.2) is 0 Å². The van der Waals surface area contributed by atoms with Gasteiger partial charge in [0, 0.05) is 6.54 Å². The minimum Gasteiger partial charge on any atom is -0.346 e. The molecule has 0 aliphatic heterocycles. The van der Waals surface area contributed by atoms with Crippen molar-refractivity contribution in [2.24, 2.45) is 0 Å². The van der Waals surface area contributed by atoms with E-state index in [1.165, 1.54) is 6.08 Å². The first-order valence-corrected chi connectivity index (χ1v) is 2.73. The average molecular weight is 160 g/mol. The van der Waals surface area contributed by atoms with Crippen LogP contribution >= 0.6 is 0 Å². The Morgan fingerprint density at radius 1 is 1.82 bits per heavy atom. The van der Waals surface area contributed by atoms with Crippen molar-refractivity contribution in [3.8, 4) is 6.07 Å². The van der Waals surface area contributed by atoms with Gasteiger partial charge in [-0.05, 0) is 0 Å². The second kappa shape index (κ2) is 3.66. The molecule has 11 heavy (non-hydrogen) atoms. The van der Waals surface area contributed by atoms with E-state index in [1.807, 2.05) is 0 Å². The van der Waals surface area contributed by atoms with E-state index in [0.29, 0.717) is 6.07 Å². The summed E-state index contributed by atoms with van der Waals surface area (Å²) in [6.07, 6.45) is 1.24. The van der Waals surface area contributed by atoms with Gasteiger partial charge in [-0.2, -0.15) is 14.0 Å². The molecule has 0 radical (unpaired) electrons. The van der Waals surface area contributed by atoms with Crippen molar-refractivity contribution in [1.82, 2.24) is 5.32 Å². The maximum absolute atomic E-state index is 12.1. The molecule has 0 spiro atoms. The Kier molecular flexibility index (Phi) is 3.18. The topological polar surface area (TPSA) is 52.9 Å². The number of nitrogens with zero attached hydrogens (tertiary/aromatic N) is 1. The van der Waals surface area contributed by atoms with Gasteiger partial charge in [0.2, 0.25) is 0 Å². The Labute approximate surface area is 62.3 Å². The molecule has 0 aromatic heterocycles. The van der Waals surface area contributed by atoms with Crippen molar-refractivity contribution in [2.75, 3.05) is 6.54 Å². The Hall–Kier alpha value is -1.44. The lowest BCUT2D eigenvalue weighted by atomic mass is 10.3. The Morgan fingerprint density at radius 3 is 2.73 bits per heavy atom. The molecule has 0 aliphatic rings. The van der Waals surface area contributed by atoms with Gasteiger partial charge in [0.05, 0.1) is 0 Å². The molecule has 1 N–H and O–H groups in total. The van der Waals surface area contributed by atoms with Gasteiger partial charge < -0.3 is 5.32 Å². The van der Waals surface area contributed by atoms with Gasteiger partial charge in [-0.15, -0.1) is 6.58 Å². The lowest BCUT2D eigenvalue weighted by Crippen LogP contribution is -2.38. The van der Waals surface area contributed by atoms with Crippen molar-refractivity contribution in [3.05, 3.63) is 12.7 Å². The van der Waals surface area contributed by atoms with E-state index < -0.39 is 11.8 Å². The molecule has 1 amide bonds. The lowest BCUT2D eigenvalue weighted by Gasteiger charge is -2.05. The van der Waals surface area contributed by atoms with E-state index in [2.05, 4.69) is 6.58 Å². The maximum atomic E-state index is 12.1. The number of nitriles is 1. The van der Waals surface area contributed by atoms with Crippen LogP contribution < -0.4 is 5.32 Å². The molecule has 0 atom stereocenters. The highest BCUT2D eigenvalue weighted by Gasteiger charge is 2.38. The summed E-state index contributed by atoms with van der Waals surface area (Å²) < 4.78 is 24.1. The van der Waals surface area contributed by atoms with Gasteiger partial charge in [-0.3, -0.25) is 4.79 Å². The van der Waals surface area contributed by atoms with Crippen LogP contribution in [0.1, 0.15) is 0 Å². The summed E-state index contributed by atoms with van der Waals surface area (Å²) in [4.78, 5) is 10.3. The minimum absolute atomic E-state index is 0.0733. The summed E-state index contributed by atoms with van der Waals surface area (Å²) in [5.74, 6) is -5.54. The molecule has 0 aromatic rings. The number of hydrogen-bond donors (Lipinski definition) is 1. The molecule has 0 unspecified atom stereocenters. The second-order valence-electron chi connectivity index (χ2n) is 1.68. The zero-order valence-corrected chi connectivity index (χ0v) is 5.60. The highest BCUT2D eigenvalue weighted by molar-refractivity contribution is 5.86. The third-order valence-corrected chi connectivity index (χ3v) is 0.833. The molecule has 3 nitrogen and oxygen atoms in total. The van der Waals surface area contributed by atoms with Crippen molar-refractivity contribution < 1.29 is 13.6 Å². The van der Waals surface area contributed by atoms with E-state index in [0.717, 1.165) is 0 Å². The molecule has 0 fully saturated rings. The van der Waals surface area contributed by atoms with Crippen LogP contribution in [0.5, 0.6) is 0 Å². The molecule has 5 heteroatoms. The van der Waals surface area contributed by atoms with E-state index >= 15 is 0 Å². The maximum Gasteiger partial charge on any atom is 0.408 e. The zero-order chi connectivity index (χ0) is 8.91. The first kappa shape index (κ1) is 9.56. The van der Waals surface area contributed by atoms with Crippen molar-refractivity contribution in [3.63, 3.8) is 0 Å². The standard InChI is InChI=1S/C6H6F2N2O/c1-2-3-10-5(11)6(7,8)4-9/h2H,1,3H2,(H,10,11). The molecule has 60 valence electrons. The van der Waals surface area contributed by atoms with Crippen LogP contribution in [0.25, 0.3) is 0 Å². The largest absolute Gasteiger partial charge is 0.408 e. The summed E-state index contributed by atoms with van der Waals surface area (Å²) in [5, 5.41) is 9.57. The van der Waals surface area contributed by atoms with Crippen LogP contribution in [0.2, 0.25) is 0 Å². The van der Waals surface area contributed by atoms with Crippen LogP contribution in [0, 0.1) is 11.3 Å². The summed E-state index contributed by atoms with van der Waals surface area (Å²) >= 11 is 0. The molecule has 0 aliphatic carbocycles. The van der Waals surface area contributed by atoms with Gasteiger partial charge >= 0.3 is 11.8 Å². The Bertz CT molecular complexity index is 207. The molecule has 0 saturated heterocycles. The smallest absolute Gasteiger partial charge is 0.346 e. The molecular weight excluding hydrogens is 154 g/mol. The lowest BCUT2D eigenvalue weighted by molar-refractivity contribution is -0.138. The van der Waals surface area contributed by atoms with Gasteiger partial charge in [0.1, 0.15) is 6.07 Å². The second-order valence-corrected chi connectivity index (χ2v) is 1.68. The molecule has 0 saturated carbocycles. The van der Waals surface area contributed by atoms with E-state index in [4.69, 9.17) is 5.26 Å². The highest BCUT2D eigenvalue weighted by atomic mass is 19.3. The summed E-state index contributed by atoms with van der Waals surface area (Å²) in [6, 6.07) is 0.570. The normalized spacial score (nSPS) is 9.91. The number of carbonyl (C=O) groups excluding carboxylic acids is 1. The molecule has 0 aromatic carbocycles. The fraction of sp³-hybridized carbons (Fsp3) is 0.333. The van der Waals surface area contributed by atoms with Gasteiger partial charge in [-0.1, -0.05) is 6.08 Å². The number of amides is 1. The zero-order valence-electron chi connectivity index (χ0n) is 5.60. The van der Waals surface area contributed by atoms with E-state index in [1.54, 1.807) is 5.32 Å². The van der Waals surface area contributed by atoms with Crippen LogP contribution in [-0.2, 0) is 4.79 Å². The number of hydrogen-bond acceptors (Lipinski definition) is 2. The minimum atomic E-state index is -3.94. The van der Waals surface area contributed by atoms with E-state index in [9.17, 15) is 13.6 Å². The number of rotatable bonds is 3. The fourth-order valence-electron chi connectivity index (χ4n) is 0.327. The van der Waals surface area contributed by atoms with E-state index in [-0.39, 0.29) is 6.54 Å². The fourth-order valence-corrected chi connectivity index (χ4v) is 0.327. The molecule has 0 bridgehead atoms. The van der Waals surface area contributed by atoms with Crippen molar-refractivity contribution >= 4 is 5.91 Å². The van der Waals surface area contributed by atoms with Gasteiger partial charge in [0.25, 0.3) is 0 Å². The quantitative estimate of drug-likeness (QED) is 0.609. The predicted octanol–water partition coefficient (Wildman–Crippen LogP) is 0.447. The average Bonchev–Trinajstić information content (AvgIpc) is 2.00. The third-order valence-electron chi connectivity index (χ3n) is 0.833. The monoisotopic (exact) mass is 160 g/mol. The molecule has 0 heterocycles. The first-order chi connectivity index (χ1) is 5.04. The van der Waals surface area contributed by atoms with Crippen LogP contribution in [0.15, 0.2) is 12.7 Å². The highest BCUT2D eigenvalue weighted by Crippen LogP contribution is 2.10. The SMILES string of the molecule is C=CCNC(=O)C(F)(F)C#N. The summed E-state index contributed by atoms with van der Waals surface area (Å²) in [5.41, 5.74) is 0. The number of carbonyl (C=O) groups is 1. The number of halogens is 2. The summed E-state index contributed by atoms with van der Waals surface area (Å²) in [6.45, 7) is 3.12. The number of alkyl halides is 2. The van der Waals surface area contributed by atoms with Crippen LogP contribution in [0.3, 0.4) is 0 Å². The van der Waals surface area contributed by atoms with Gasteiger partial charge in [-0.25, -0.2) is 0 Å². The van der Waals surface area contributed by atoms with Crippen LogP contribution in [-0.4, -0.2) is 18.4 Å². The predicted molar refractivity (Wildman–Crippen MR) is 33.8 cm³/mol.